The van der Waals surface area contributed by atoms with Gasteiger partial charge in [0, 0.05) is 60.6 Å². The van der Waals surface area contributed by atoms with Crippen LogP contribution in [0.1, 0.15) is 49.6 Å². The van der Waals surface area contributed by atoms with E-state index in [2.05, 4.69) is 4.98 Å². The zero-order valence-corrected chi connectivity index (χ0v) is 27.8. The van der Waals surface area contributed by atoms with Gasteiger partial charge in [-0.3, -0.25) is 0 Å². The van der Waals surface area contributed by atoms with Gasteiger partial charge < -0.3 is 24.1 Å². The van der Waals surface area contributed by atoms with Crippen LogP contribution in [0.25, 0.3) is 22.3 Å². The Hall–Kier alpha value is -4.06. The van der Waals surface area contributed by atoms with Gasteiger partial charge in [0.25, 0.3) is 0 Å². The Morgan fingerprint density at radius 2 is 1.87 bits per heavy atom. The molecule has 0 fully saturated rings. The number of aromatic nitrogens is 3. The van der Waals surface area contributed by atoms with Crippen LogP contribution < -0.4 is 4.74 Å². The maximum absolute atomic E-state index is 15.6. The van der Waals surface area contributed by atoms with Crippen molar-refractivity contribution in [3.05, 3.63) is 101 Å². The maximum Gasteiger partial charge on any atom is 0.168 e. The van der Waals surface area contributed by atoms with Gasteiger partial charge in [-0.05, 0) is 75.4 Å². The Balaban J connectivity index is 1.52. The molecule has 0 saturated carbocycles. The van der Waals surface area contributed by atoms with Crippen molar-refractivity contribution in [2.45, 2.75) is 51.0 Å². The number of halogens is 2. The second-order valence-corrected chi connectivity index (χ2v) is 15.3. The number of fused-ring (bicyclic) bond motifs is 8. The van der Waals surface area contributed by atoms with Crippen LogP contribution in [0, 0.1) is 11.6 Å². The minimum Gasteiger partial charge on any atom is -0.454 e. The first-order valence-electron chi connectivity index (χ1n) is 15.6. The summed E-state index contributed by atoms with van der Waals surface area (Å²) in [5, 5.41) is 10.2. The molecule has 0 radical (unpaired) electrons. The number of rotatable bonds is 3. The molecule has 47 heavy (non-hydrogen) atoms. The highest BCUT2D eigenvalue weighted by molar-refractivity contribution is 7.91. The maximum atomic E-state index is 15.6. The third-order valence-electron chi connectivity index (χ3n) is 9.00. The summed E-state index contributed by atoms with van der Waals surface area (Å²) >= 11 is 0. The Morgan fingerprint density at radius 1 is 1.06 bits per heavy atom. The van der Waals surface area contributed by atoms with Gasteiger partial charge in [-0.2, -0.15) is 0 Å². The van der Waals surface area contributed by atoms with Crippen molar-refractivity contribution in [1.82, 2.24) is 14.5 Å². The minimum atomic E-state index is -3.67. The highest BCUT2D eigenvalue weighted by Gasteiger charge is 2.35. The standard InChI is InChI=1S/C36H39F2N3O5S/c1-35(2)22-47(43,44)17-12-27-26-10-14-39-31(26)20-30(38)33(27)46-25-8-9-29(37)28(19-25)34-40-32(21-41(34)4)36(3,13-16-45-35)24-7-5-6-23(18-24)11-15-42/h5-10,14,18-21,39,42H,11-13,15-17,22H2,1-4H3. The first kappa shape index (κ1) is 32.9. The van der Waals surface area contributed by atoms with E-state index >= 15 is 8.78 Å². The van der Waals surface area contributed by atoms with Crippen LogP contribution in [0.4, 0.5) is 8.78 Å². The molecule has 1 atom stereocenters. The fourth-order valence-corrected chi connectivity index (χ4v) is 8.28. The first-order valence-corrected chi connectivity index (χ1v) is 17.5. The number of imidazole rings is 1. The molecule has 1 aliphatic rings. The Kier molecular flexibility index (Phi) is 8.75. The number of aryl methyl sites for hydroxylation is 2. The Labute approximate surface area is 273 Å². The Morgan fingerprint density at radius 3 is 2.66 bits per heavy atom. The average Bonchev–Trinajstić information content (AvgIpc) is 3.63. The fraction of sp³-hybridized carbons (Fsp3) is 0.361. The molecular formula is C36H39F2N3O5S. The summed E-state index contributed by atoms with van der Waals surface area (Å²) in [6.07, 6.45) is 4.43. The third kappa shape index (κ3) is 6.70. The van der Waals surface area contributed by atoms with Crippen molar-refractivity contribution in [3.63, 3.8) is 0 Å². The quantitative estimate of drug-likeness (QED) is 0.224. The molecule has 0 amide bonds. The molecule has 248 valence electrons. The van der Waals surface area contributed by atoms with E-state index in [9.17, 15) is 13.5 Å². The lowest BCUT2D eigenvalue weighted by Crippen LogP contribution is -2.37. The number of aliphatic hydroxyl groups is 1. The number of aromatic amines is 1. The lowest BCUT2D eigenvalue weighted by atomic mass is 9.76. The first-order chi connectivity index (χ1) is 22.3. The van der Waals surface area contributed by atoms with E-state index in [1.165, 1.54) is 24.3 Å². The van der Waals surface area contributed by atoms with E-state index in [-0.39, 0.29) is 48.2 Å². The molecule has 0 spiro atoms. The molecule has 0 aliphatic carbocycles. The lowest BCUT2D eigenvalue weighted by Gasteiger charge is -2.32. The van der Waals surface area contributed by atoms with Gasteiger partial charge in [0.1, 0.15) is 17.4 Å². The molecule has 2 N–H and O–H groups in total. The van der Waals surface area contributed by atoms with Crippen LogP contribution in [0.3, 0.4) is 0 Å². The number of aliphatic hydroxyl groups excluding tert-OH is 1. The van der Waals surface area contributed by atoms with Crippen LogP contribution in [0.15, 0.2) is 67.0 Å². The van der Waals surface area contributed by atoms with Crippen LogP contribution in [-0.4, -0.2) is 58.4 Å². The topological polar surface area (TPSA) is 106 Å². The molecule has 3 aromatic carbocycles. The van der Waals surface area contributed by atoms with E-state index in [1.54, 1.807) is 37.7 Å². The van der Waals surface area contributed by atoms with Crippen LogP contribution in [0.5, 0.6) is 11.5 Å². The second kappa shape index (κ2) is 12.5. The van der Waals surface area contributed by atoms with Crippen molar-refractivity contribution in [1.29, 1.82) is 0 Å². The highest BCUT2D eigenvalue weighted by atomic mass is 32.2. The predicted octanol–water partition coefficient (Wildman–Crippen LogP) is 6.64. The highest BCUT2D eigenvalue weighted by Crippen LogP contribution is 2.40. The van der Waals surface area contributed by atoms with E-state index in [4.69, 9.17) is 14.5 Å². The van der Waals surface area contributed by atoms with Crippen molar-refractivity contribution in [2.24, 2.45) is 7.05 Å². The smallest absolute Gasteiger partial charge is 0.168 e. The van der Waals surface area contributed by atoms with Gasteiger partial charge >= 0.3 is 0 Å². The third-order valence-corrected chi connectivity index (χ3v) is 11.0. The Bertz CT molecular complexity index is 2050. The average molecular weight is 664 g/mol. The van der Waals surface area contributed by atoms with Crippen molar-refractivity contribution >= 4 is 20.7 Å². The summed E-state index contributed by atoms with van der Waals surface area (Å²) < 4.78 is 72.3. The summed E-state index contributed by atoms with van der Waals surface area (Å²) in [6.45, 7) is 5.74. The van der Waals surface area contributed by atoms with E-state index < -0.39 is 32.5 Å². The van der Waals surface area contributed by atoms with Crippen LogP contribution in [-0.2, 0) is 39.9 Å². The van der Waals surface area contributed by atoms with Gasteiger partial charge in [0.2, 0.25) is 0 Å². The van der Waals surface area contributed by atoms with Crippen molar-refractivity contribution < 1.29 is 31.8 Å². The van der Waals surface area contributed by atoms with Gasteiger partial charge in [-0.15, -0.1) is 0 Å². The van der Waals surface area contributed by atoms with Crippen molar-refractivity contribution in [3.8, 4) is 22.9 Å². The normalized spacial score (nSPS) is 19.8. The van der Waals surface area contributed by atoms with Crippen LogP contribution in [0.2, 0.25) is 0 Å². The zero-order valence-electron chi connectivity index (χ0n) is 26.9. The summed E-state index contributed by atoms with van der Waals surface area (Å²) in [7, 11) is -1.89. The summed E-state index contributed by atoms with van der Waals surface area (Å²) in [6, 6.07) is 15.1. The number of hydrogen-bond donors (Lipinski definition) is 2. The number of benzene rings is 3. The van der Waals surface area contributed by atoms with E-state index in [0.29, 0.717) is 40.8 Å². The molecule has 1 unspecified atom stereocenters. The number of sulfone groups is 1. The molecule has 4 bridgehead atoms. The molecule has 11 heteroatoms. The van der Waals surface area contributed by atoms with E-state index in [0.717, 1.165) is 11.1 Å². The van der Waals surface area contributed by atoms with Gasteiger partial charge in [-0.1, -0.05) is 24.3 Å². The summed E-state index contributed by atoms with van der Waals surface area (Å²) in [4.78, 5) is 7.94. The van der Waals surface area contributed by atoms with Gasteiger partial charge in [0.15, 0.2) is 21.4 Å². The monoisotopic (exact) mass is 663 g/mol. The largest absolute Gasteiger partial charge is 0.454 e. The van der Waals surface area contributed by atoms with Crippen molar-refractivity contribution in [2.75, 3.05) is 24.7 Å². The van der Waals surface area contributed by atoms with Gasteiger partial charge in [-0.25, -0.2) is 22.2 Å². The van der Waals surface area contributed by atoms with Gasteiger partial charge in [0.05, 0.1) is 28.4 Å². The fourth-order valence-electron chi connectivity index (χ4n) is 6.47. The predicted molar refractivity (Wildman–Crippen MR) is 178 cm³/mol. The minimum absolute atomic E-state index is 0.00110. The number of ether oxygens (including phenoxy) is 2. The lowest BCUT2D eigenvalue weighted by molar-refractivity contribution is -0.00664. The van der Waals surface area contributed by atoms with E-state index in [1.807, 2.05) is 37.4 Å². The summed E-state index contributed by atoms with van der Waals surface area (Å²) in [5.74, 6) is -1.27. The second-order valence-electron chi connectivity index (χ2n) is 13.1. The molecule has 2 aromatic heterocycles. The number of hydrogen-bond acceptors (Lipinski definition) is 6. The molecule has 0 saturated heterocycles. The molecule has 6 rings (SSSR count). The molecule has 5 aromatic rings. The SMILES string of the molecule is Cn1cc2nc1-c1cc(ccc1F)Oc1c(F)cc3[nH]ccc3c1CCS(=O)(=O)CC(C)(C)OCCC2(C)c1cccc(CCO)c1. The number of nitrogens with one attached hydrogen (secondary N) is 1. The van der Waals surface area contributed by atoms with Crippen LogP contribution >= 0.6 is 0 Å². The molecule has 8 nitrogen and oxygen atoms in total. The molecular weight excluding hydrogens is 624 g/mol. The molecule has 3 heterocycles. The number of H-pyrrole nitrogens is 1. The zero-order chi connectivity index (χ0) is 33.6. The molecule has 1 aliphatic heterocycles. The number of nitrogens with zero attached hydrogens (tertiary/aromatic N) is 2. The summed E-state index contributed by atoms with van der Waals surface area (Å²) in [5.41, 5.74) is 1.86.